The van der Waals surface area contributed by atoms with Crippen molar-refractivity contribution in [3.63, 3.8) is 0 Å². The van der Waals surface area contributed by atoms with E-state index in [4.69, 9.17) is 4.74 Å². The first-order chi connectivity index (χ1) is 9.72. The van der Waals surface area contributed by atoms with Gasteiger partial charge in [-0.3, -0.25) is 9.69 Å². The number of aryl methyl sites for hydroxylation is 1. The van der Waals surface area contributed by atoms with Crippen LogP contribution >= 0.6 is 0 Å². The molecular formula is C16H19NO3. The van der Waals surface area contributed by atoms with Gasteiger partial charge in [-0.2, -0.15) is 0 Å². The van der Waals surface area contributed by atoms with Crippen LogP contribution in [-0.4, -0.2) is 24.5 Å². The molecule has 106 valence electrons. The molecular weight excluding hydrogens is 254 g/mol. The molecule has 0 aromatic heterocycles. The van der Waals surface area contributed by atoms with Gasteiger partial charge in [0.25, 0.3) is 0 Å². The molecule has 2 fully saturated rings. The predicted molar refractivity (Wildman–Crippen MR) is 75.4 cm³/mol. The molecule has 2 aliphatic rings. The van der Waals surface area contributed by atoms with Gasteiger partial charge in [-0.1, -0.05) is 25.1 Å². The molecule has 1 atom stereocenters. The Morgan fingerprint density at radius 2 is 2.05 bits per heavy atom. The summed E-state index contributed by atoms with van der Waals surface area (Å²) in [6.07, 6.45) is 3.30. The fourth-order valence-electron chi connectivity index (χ4n) is 2.73. The van der Waals surface area contributed by atoms with Gasteiger partial charge in [-0.15, -0.1) is 0 Å². The Labute approximate surface area is 118 Å². The van der Waals surface area contributed by atoms with Crippen molar-refractivity contribution in [1.29, 1.82) is 0 Å². The van der Waals surface area contributed by atoms with Crippen LogP contribution in [0, 0.1) is 5.92 Å². The molecule has 1 aromatic rings. The molecule has 0 N–H and O–H groups in total. The second kappa shape index (κ2) is 5.27. The van der Waals surface area contributed by atoms with Gasteiger partial charge >= 0.3 is 5.97 Å². The van der Waals surface area contributed by atoms with Gasteiger partial charge in [0.2, 0.25) is 5.91 Å². The minimum Gasteiger partial charge on any atom is -0.464 e. The quantitative estimate of drug-likeness (QED) is 0.791. The molecule has 4 nitrogen and oxygen atoms in total. The summed E-state index contributed by atoms with van der Waals surface area (Å²) < 4.78 is 5.06. The van der Waals surface area contributed by atoms with E-state index >= 15 is 0 Å². The number of cyclic esters (lactones) is 1. The highest BCUT2D eigenvalue weighted by Crippen LogP contribution is 2.36. The van der Waals surface area contributed by atoms with Crippen LogP contribution in [0.25, 0.3) is 0 Å². The SMILES string of the molecule is CCc1ccccc1N(C(=O)C1CC1)C1CCOC1=O. The zero-order valence-electron chi connectivity index (χ0n) is 11.7. The lowest BCUT2D eigenvalue weighted by Crippen LogP contribution is -2.44. The Morgan fingerprint density at radius 1 is 1.30 bits per heavy atom. The zero-order chi connectivity index (χ0) is 14.1. The van der Waals surface area contributed by atoms with Crippen molar-refractivity contribution in [2.24, 2.45) is 5.92 Å². The first-order valence-corrected chi connectivity index (χ1v) is 7.30. The summed E-state index contributed by atoms with van der Waals surface area (Å²) in [6.45, 7) is 2.47. The third-order valence-corrected chi connectivity index (χ3v) is 4.02. The molecule has 20 heavy (non-hydrogen) atoms. The van der Waals surface area contributed by atoms with E-state index in [9.17, 15) is 9.59 Å². The number of hydrogen-bond acceptors (Lipinski definition) is 3. The van der Waals surface area contributed by atoms with E-state index in [-0.39, 0.29) is 17.8 Å². The highest BCUT2D eigenvalue weighted by atomic mass is 16.5. The Morgan fingerprint density at radius 3 is 2.65 bits per heavy atom. The zero-order valence-corrected chi connectivity index (χ0v) is 11.7. The summed E-state index contributed by atoms with van der Waals surface area (Å²) in [6, 6.07) is 7.39. The summed E-state index contributed by atoms with van der Waals surface area (Å²) in [4.78, 5) is 26.2. The van der Waals surface area contributed by atoms with E-state index in [0.717, 1.165) is 30.5 Å². The van der Waals surface area contributed by atoms with Crippen LogP contribution in [0.15, 0.2) is 24.3 Å². The molecule has 0 bridgehead atoms. The molecule has 0 spiro atoms. The van der Waals surface area contributed by atoms with E-state index in [1.807, 2.05) is 24.3 Å². The number of esters is 1. The normalized spacial score (nSPS) is 21.6. The van der Waals surface area contributed by atoms with Crippen molar-refractivity contribution < 1.29 is 14.3 Å². The van der Waals surface area contributed by atoms with Crippen molar-refractivity contribution in [3.8, 4) is 0 Å². The van der Waals surface area contributed by atoms with Crippen molar-refractivity contribution in [2.75, 3.05) is 11.5 Å². The number of benzene rings is 1. The first-order valence-electron chi connectivity index (χ1n) is 7.30. The summed E-state index contributed by atoms with van der Waals surface area (Å²) >= 11 is 0. The maximum Gasteiger partial charge on any atom is 0.329 e. The molecule has 4 heteroatoms. The Balaban J connectivity index is 1.99. The number of carbonyl (C=O) groups is 2. The van der Waals surface area contributed by atoms with Crippen LogP contribution in [0.4, 0.5) is 5.69 Å². The fraction of sp³-hybridized carbons (Fsp3) is 0.500. The van der Waals surface area contributed by atoms with Gasteiger partial charge in [-0.05, 0) is 30.9 Å². The third-order valence-electron chi connectivity index (χ3n) is 4.02. The Kier molecular flexibility index (Phi) is 3.47. The lowest BCUT2D eigenvalue weighted by molar-refractivity contribution is -0.140. The molecule has 1 amide bonds. The summed E-state index contributed by atoms with van der Waals surface area (Å²) in [5.74, 6) is -0.104. The monoisotopic (exact) mass is 273 g/mol. The van der Waals surface area contributed by atoms with Crippen molar-refractivity contribution in [3.05, 3.63) is 29.8 Å². The molecule has 0 radical (unpaired) electrons. The van der Waals surface area contributed by atoms with E-state index in [2.05, 4.69) is 6.92 Å². The second-order valence-electron chi connectivity index (χ2n) is 5.44. The predicted octanol–water partition coefficient (Wildman–Crippen LogP) is 2.31. The lowest BCUT2D eigenvalue weighted by atomic mass is 10.1. The average Bonchev–Trinajstić information content (AvgIpc) is 3.24. The van der Waals surface area contributed by atoms with Crippen LogP contribution < -0.4 is 4.90 Å². The van der Waals surface area contributed by atoms with Gasteiger partial charge in [-0.25, -0.2) is 4.79 Å². The minimum atomic E-state index is -0.448. The largest absolute Gasteiger partial charge is 0.464 e. The highest BCUT2D eigenvalue weighted by Gasteiger charge is 2.42. The van der Waals surface area contributed by atoms with Gasteiger partial charge in [0.15, 0.2) is 0 Å². The highest BCUT2D eigenvalue weighted by molar-refractivity contribution is 6.02. The van der Waals surface area contributed by atoms with Crippen molar-refractivity contribution in [2.45, 2.75) is 38.6 Å². The number of carbonyl (C=O) groups excluding carboxylic acids is 2. The van der Waals surface area contributed by atoms with Crippen LogP contribution in [0.2, 0.25) is 0 Å². The van der Waals surface area contributed by atoms with Gasteiger partial charge in [0, 0.05) is 18.0 Å². The number of hydrogen-bond donors (Lipinski definition) is 0. The smallest absolute Gasteiger partial charge is 0.329 e. The molecule has 1 saturated heterocycles. The van der Waals surface area contributed by atoms with Crippen molar-refractivity contribution in [1.82, 2.24) is 0 Å². The van der Waals surface area contributed by atoms with E-state index in [1.165, 1.54) is 0 Å². The molecule has 1 aromatic carbocycles. The molecule has 3 rings (SSSR count). The average molecular weight is 273 g/mol. The van der Waals surface area contributed by atoms with E-state index in [1.54, 1.807) is 4.90 Å². The minimum absolute atomic E-state index is 0.0785. The van der Waals surface area contributed by atoms with Gasteiger partial charge in [0.05, 0.1) is 6.61 Å². The van der Waals surface area contributed by atoms with Crippen LogP contribution in [0.5, 0.6) is 0 Å². The van der Waals surface area contributed by atoms with Gasteiger partial charge < -0.3 is 4.74 Å². The number of amides is 1. The number of rotatable bonds is 4. The topological polar surface area (TPSA) is 46.6 Å². The summed E-state index contributed by atoms with van der Waals surface area (Å²) in [5, 5.41) is 0. The van der Waals surface area contributed by atoms with Crippen LogP contribution in [-0.2, 0) is 20.7 Å². The van der Waals surface area contributed by atoms with Crippen molar-refractivity contribution >= 4 is 17.6 Å². The number of para-hydroxylation sites is 1. The first kappa shape index (κ1) is 13.2. The molecule has 1 aliphatic heterocycles. The van der Waals surface area contributed by atoms with Crippen LogP contribution in [0.1, 0.15) is 31.7 Å². The third kappa shape index (κ3) is 2.30. The van der Waals surface area contributed by atoms with E-state index in [0.29, 0.717) is 13.0 Å². The van der Waals surface area contributed by atoms with Crippen LogP contribution in [0.3, 0.4) is 0 Å². The summed E-state index contributed by atoms with van der Waals surface area (Å²) in [5.41, 5.74) is 1.97. The Hall–Kier alpha value is -1.84. The number of anilines is 1. The maximum atomic E-state index is 12.6. The molecule has 1 saturated carbocycles. The molecule has 1 aliphatic carbocycles. The molecule has 1 unspecified atom stereocenters. The fourth-order valence-corrected chi connectivity index (χ4v) is 2.73. The summed E-state index contributed by atoms with van der Waals surface area (Å²) in [7, 11) is 0. The maximum absolute atomic E-state index is 12.6. The number of ether oxygens (including phenoxy) is 1. The molecule has 1 heterocycles. The lowest BCUT2D eigenvalue weighted by Gasteiger charge is -2.28. The van der Waals surface area contributed by atoms with E-state index < -0.39 is 6.04 Å². The standard InChI is InChI=1S/C16H19NO3/c1-2-11-5-3-4-6-13(11)17(15(18)12-7-8-12)14-9-10-20-16(14)19/h3-6,12,14H,2,7-10H2,1H3. The second-order valence-corrected chi connectivity index (χ2v) is 5.44. The Bertz CT molecular complexity index is 536. The van der Waals surface area contributed by atoms with Gasteiger partial charge in [0.1, 0.15) is 6.04 Å². The number of nitrogens with zero attached hydrogens (tertiary/aromatic N) is 1.